The molecule has 0 bridgehead atoms. The lowest BCUT2D eigenvalue weighted by molar-refractivity contribution is 1.45. The van der Waals surface area contributed by atoms with Gasteiger partial charge in [-0.1, -0.05) is 43.0 Å². The summed E-state index contributed by atoms with van der Waals surface area (Å²) in [6, 6.07) is 0. The maximum atomic E-state index is 3.89. The molecule has 1 nitrogen and oxygen atoms in total. The normalized spacial score (nSPS) is 13.7. The standard InChI is InChI=1S/C11H15N/c1-4-5-6-7-8-9-11(2)10-12-3/h4-10H,1H2,2-3H3/b6-5+,8-7-,11-9+,12-10?. The minimum atomic E-state index is 1.14. The van der Waals surface area contributed by atoms with Crippen molar-refractivity contribution < 1.29 is 0 Å². The molecule has 0 aromatic carbocycles. The minimum Gasteiger partial charge on any atom is -0.296 e. The van der Waals surface area contributed by atoms with E-state index in [4.69, 9.17) is 0 Å². The number of allylic oxidation sites excluding steroid dienone is 7. The van der Waals surface area contributed by atoms with E-state index in [1.165, 1.54) is 0 Å². The van der Waals surface area contributed by atoms with E-state index >= 15 is 0 Å². The molecule has 0 unspecified atom stereocenters. The minimum absolute atomic E-state index is 1.14. The highest BCUT2D eigenvalue weighted by molar-refractivity contribution is 5.77. The van der Waals surface area contributed by atoms with Gasteiger partial charge in [-0.2, -0.15) is 0 Å². The van der Waals surface area contributed by atoms with Crippen molar-refractivity contribution in [3.63, 3.8) is 0 Å². The first-order valence-electron chi connectivity index (χ1n) is 3.86. The van der Waals surface area contributed by atoms with Gasteiger partial charge in [0.05, 0.1) is 0 Å². The van der Waals surface area contributed by atoms with Crippen LogP contribution in [0.1, 0.15) is 6.92 Å². The van der Waals surface area contributed by atoms with Crippen LogP contribution in [0.2, 0.25) is 0 Å². The zero-order chi connectivity index (χ0) is 9.23. The van der Waals surface area contributed by atoms with E-state index in [-0.39, 0.29) is 0 Å². The SMILES string of the molecule is C=C/C=C/C=C\C=C(/C)C=NC. The van der Waals surface area contributed by atoms with Crippen molar-refractivity contribution in [1.29, 1.82) is 0 Å². The first-order chi connectivity index (χ1) is 5.81. The summed E-state index contributed by atoms with van der Waals surface area (Å²) in [7, 11) is 1.76. The molecule has 0 N–H and O–H groups in total. The molecular formula is C11H15N. The van der Waals surface area contributed by atoms with Crippen LogP contribution in [0.4, 0.5) is 0 Å². The molecule has 0 saturated heterocycles. The molecule has 0 aliphatic rings. The Balaban J connectivity index is 3.93. The lowest BCUT2D eigenvalue weighted by Crippen LogP contribution is -1.73. The van der Waals surface area contributed by atoms with Crippen LogP contribution in [0.15, 0.2) is 53.6 Å². The molecule has 0 saturated carbocycles. The molecule has 0 aliphatic carbocycles. The Morgan fingerprint density at radius 1 is 1.17 bits per heavy atom. The van der Waals surface area contributed by atoms with Crippen molar-refractivity contribution in [1.82, 2.24) is 0 Å². The maximum absolute atomic E-state index is 3.89. The average molecular weight is 161 g/mol. The Labute approximate surface area is 74.5 Å². The van der Waals surface area contributed by atoms with Gasteiger partial charge in [0, 0.05) is 13.3 Å². The topological polar surface area (TPSA) is 12.4 Å². The second-order valence-electron chi connectivity index (χ2n) is 2.30. The van der Waals surface area contributed by atoms with Crippen molar-refractivity contribution in [3.05, 3.63) is 48.6 Å². The van der Waals surface area contributed by atoms with Gasteiger partial charge in [0.1, 0.15) is 0 Å². The molecule has 1 heteroatoms. The summed E-state index contributed by atoms with van der Waals surface area (Å²) in [6.07, 6.45) is 13.3. The summed E-state index contributed by atoms with van der Waals surface area (Å²) in [4.78, 5) is 3.89. The van der Waals surface area contributed by atoms with Gasteiger partial charge in [-0.15, -0.1) is 0 Å². The van der Waals surface area contributed by atoms with Crippen molar-refractivity contribution in [2.45, 2.75) is 6.92 Å². The first kappa shape index (κ1) is 10.6. The number of aliphatic imine (C=N–C) groups is 1. The fraction of sp³-hybridized carbons (Fsp3) is 0.182. The van der Waals surface area contributed by atoms with Crippen LogP contribution < -0.4 is 0 Å². The Bertz CT molecular complexity index is 229. The lowest BCUT2D eigenvalue weighted by Gasteiger charge is -1.83. The summed E-state index contributed by atoms with van der Waals surface area (Å²) in [5.74, 6) is 0. The van der Waals surface area contributed by atoms with E-state index in [9.17, 15) is 0 Å². The number of hydrogen-bond acceptors (Lipinski definition) is 1. The second-order valence-corrected chi connectivity index (χ2v) is 2.30. The van der Waals surface area contributed by atoms with Crippen LogP contribution in [0.25, 0.3) is 0 Å². The van der Waals surface area contributed by atoms with Crippen LogP contribution in [-0.2, 0) is 0 Å². The van der Waals surface area contributed by atoms with Gasteiger partial charge in [-0.05, 0) is 12.5 Å². The van der Waals surface area contributed by atoms with Crippen molar-refractivity contribution in [2.24, 2.45) is 4.99 Å². The zero-order valence-electron chi connectivity index (χ0n) is 7.70. The van der Waals surface area contributed by atoms with Gasteiger partial charge in [-0.25, -0.2) is 0 Å². The van der Waals surface area contributed by atoms with Gasteiger partial charge >= 0.3 is 0 Å². The lowest BCUT2D eigenvalue weighted by atomic mass is 10.3. The number of hydrogen-bond donors (Lipinski definition) is 0. The number of nitrogens with zero attached hydrogens (tertiary/aromatic N) is 1. The Morgan fingerprint density at radius 2 is 1.83 bits per heavy atom. The molecule has 0 spiro atoms. The fourth-order valence-electron chi connectivity index (χ4n) is 0.661. The monoisotopic (exact) mass is 161 g/mol. The van der Waals surface area contributed by atoms with E-state index in [1.807, 2.05) is 43.5 Å². The predicted octanol–water partition coefficient (Wildman–Crippen LogP) is 2.93. The molecule has 0 aliphatic heterocycles. The van der Waals surface area contributed by atoms with Crippen LogP contribution >= 0.6 is 0 Å². The van der Waals surface area contributed by atoms with E-state index in [0.717, 1.165) is 5.57 Å². The Morgan fingerprint density at radius 3 is 2.42 bits per heavy atom. The molecule has 0 fully saturated rings. The van der Waals surface area contributed by atoms with Gasteiger partial charge in [0.2, 0.25) is 0 Å². The zero-order valence-corrected chi connectivity index (χ0v) is 7.70. The smallest absolute Gasteiger partial charge is 0.0277 e. The highest BCUT2D eigenvalue weighted by atomic mass is 14.6. The third-order valence-corrected chi connectivity index (χ3v) is 1.16. The van der Waals surface area contributed by atoms with E-state index in [2.05, 4.69) is 11.6 Å². The van der Waals surface area contributed by atoms with E-state index in [1.54, 1.807) is 13.1 Å². The molecule has 0 atom stereocenters. The van der Waals surface area contributed by atoms with Crippen LogP contribution in [0.3, 0.4) is 0 Å². The molecule has 0 amide bonds. The summed E-state index contributed by atoms with van der Waals surface area (Å²) in [5.41, 5.74) is 1.14. The second kappa shape index (κ2) is 7.73. The van der Waals surface area contributed by atoms with Crippen LogP contribution in [-0.4, -0.2) is 13.3 Å². The predicted molar refractivity (Wildman–Crippen MR) is 56.7 cm³/mol. The molecule has 12 heavy (non-hydrogen) atoms. The number of rotatable bonds is 4. The molecule has 0 aromatic rings. The molecule has 64 valence electrons. The highest BCUT2D eigenvalue weighted by Crippen LogP contribution is 1.88. The van der Waals surface area contributed by atoms with Crippen molar-refractivity contribution in [2.75, 3.05) is 7.05 Å². The molecule has 0 radical (unpaired) electrons. The summed E-state index contributed by atoms with van der Waals surface area (Å²) >= 11 is 0. The molecule has 0 rings (SSSR count). The van der Waals surface area contributed by atoms with Gasteiger partial charge in [0.15, 0.2) is 0 Å². The maximum Gasteiger partial charge on any atom is 0.0277 e. The Kier molecular flexibility index (Phi) is 6.85. The largest absolute Gasteiger partial charge is 0.296 e. The first-order valence-corrected chi connectivity index (χ1v) is 3.86. The van der Waals surface area contributed by atoms with Crippen LogP contribution in [0, 0.1) is 0 Å². The summed E-state index contributed by atoms with van der Waals surface area (Å²) in [5, 5.41) is 0. The quantitative estimate of drug-likeness (QED) is 0.444. The Hall–Kier alpha value is -1.37. The van der Waals surface area contributed by atoms with Gasteiger partial charge < -0.3 is 0 Å². The van der Waals surface area contributed by atoms with Crippen molar-refractivity contribution >= 4 is 6.21 Å². The average Bonchev–Trinajstić information content (AvgIpc) is 2.05. The van der Waals surface area contributed by atoms with Gasteiger partial charge in [0.25, 0.3) is 0 Å². The van der Waals surface area contributed by atoms with E-state index in [0.29, 0.717) is 0 Å². The van der Waals surface area contributed by atoms with Crippen molar-refractivity contribution in [3.8, 4) is 0 Å². The third kappa shape index (κ3) is 6.75. The third-order valence-electron chi connectivity index (χ3n) is 1.16. The molecule has 0 heterocycles. The summed E-state index contributed by atoms with van der Waals surface area (Å²) in [6.45, 7) is 5.57. The van der Waals surface area contributed by atoms with Crippen LogP contribution in [0.5, 0.6) is 0 Å². The van der Waals surface area contributed by atoms with E-state index < -0.39 is 0 Å². The molecule has 0 aromatic heterocycles. The summed E-state index contributed by atoms with van der Waals surface area (Å²) < 4.78 is 0. The fourth-order valence-corrected chi connectivity index (χ4v) is 0.661. The highest BCUT2D eigenvalue weighted by Gasteiger charge is 1.74. The molecular weight excluding hydrogens is 146 g/mol. The van der Waals surface area contributed by atoms with Gasteiger partial charge in [-0.3, -0.25) is 4.99 Å².